The molecule has 0 saturated carbocycles. The first-order chi connectivity index (χ1) is 10.7. The zero-order valence-electron chi connectivity index (χ0n) is 12.6. The molecule has 22 heavy (non-hydrogen) atoms. The summed E-state index contributed by atoms with van der Waals surface area (Å²) >= 11 is 0. The number of aliphatic imine (C=N–C) groups is 1. The summed E-state index contributed by atoms with van der Waals surface area (Å²) in [6.07, 6.45) is 0. The van der Waals surface area contributed by atoms with Crippen LogP contribution in [-0.2, 0) is 4.79 Å². The molecule has 0 atom stereocenters. The Bertz CT molecular complexity index is 583. The molecule has 0 aliphatic carbocycles. The molecule has 0 heterocycles. The third kappa shape index (κ3) is 4.27. The number of hydrogen-bond acceptors (Lipinski definition) is 3. The van der Waals surface area contributed by atoms with Gasteiger partial charge in [-0.2, -0.15) is 0 Å². The SMILES string of the molecule is CN(CCO)C(=O)CN=C(c1ccccc1)c1ccccc1. The van der Waals surface area contributed by atoms with Crippen molar-refractivity contribution >= 4 is 11.6 Å². The average Bonchev–Trinajstić information content (AvgIpc) is 2.57. The lowest BCUT2D eigenvalue weighted by Crippen LogP contribution is -2.31. The van der Waals surface area contributed by atoms with Crippen LogP contribution in [0, 0.1) is 0 Å². The molecule has 1 amide bonds. The van der Waals surface area contributed by atoms with Crippen LogP contribution >= 0.6 is 0 Å². The van der Waals surface area contributed by atoms with Gasteiger partial charge in [0.15, 0.2) is 0 Å². The van der Waals surface area contributed by atoms with E-state index in [9.17, 15) is 4.79 Å². The van der Waals surface area contributed by atoms with Crippen molar-refractivity contribution in [3.8, 4) is 0 Å². The highest BCUT2D eigenvalue weighted by Gasteiger charge is 2.10. The summed E-state index contributed by atoms with van der Waals surface area (Å²) in [6, 6.07) is 19.6. The molecule has 0 radical (unpaired) electrons. The molecule has 2 aromatic rings. The maximum absolute atomic E-state index is 12.0. The Hall–Kier alpha value is -2.46. The number of hydrogen-bond donors (Lipinski definition) is 1. The molecule has 0 saturated heterocycles. The molecule has 0 aromatic heterocycles. The monoisotopic (exact) mass is 296 g/mol. The van der Waals surface area contributed by atoms with Crippen LogP contribution in [0.4, 0.5) is 0 Å². The van der Waals surface area contributed by atoms with Gasteiger partial charge in [0.25, 0.3) is 0 Å². The molecule has 0 spiro atoms. The van der Waals surface area contributed by atoms with Crippen molar-refractivity contribution in [2.45, 2.75) is 0 Å². The molecule has 114 valence electrons. The minimum absolute atomic E-state index is 0.0455. The lowest BCUT2D eigenvalue weighted by atomic mass is 10.0. The van der Waals surface area contributed by atoms with Gasteiger partial charge in [0.1, 0.15) is 6.54 Å². The first kappa shape index (κ1) is 15.9. The van der Waals surface area contributed by atoms with Crippen LogP contribution in [0.15, 0.2) is 65.7 Å². The fourth-order valence-electron chi connectivity index (χ4n) is 2.08. The Morgan fingerprint density at radius 2 is 1.50 bits per heavy atom. The summed E-state index contributed by atoms with van der Waals surface area (Å²) < 4.78 is 0. The molecule has 4 heteroatoms. The van der Waals surface area contributed by atoms with Crippen LogP contribution in [0.2, 0.25) is 0 Å². The first-order valence-corrected chi connectivity index (χ1v) is 7.22. The molecule has 1 N–H and O–H groups in total. The molecular weight excluding hydrogens is 276 g/mol. The van der Waals surface area contributed by atoms with Gasteiger partial charge < -0.3 is 10.0 Å². The van der Waals surface area contributed by atoms with E-state index in [1.807, 2.05) is 60.7 Å². The third-order valence-corrected chi connectivity index (χ3v) is 3.33. The summed E-state index contributed by atoms with van der Waals surface area (Å²) in [4.78, 5) is 18.0. The van der Waals surface area contributed by atoms with E-state index in [4.69, 9.17) is 5.11 Å². The van der Waals surface area contributed by atoms with E-state index in [2.05, 4.69) is 4.99 Å². The first-order valence-electron chi connectivity index (χ1n) is 7.22. The van der Waals surface area contributed by atoms with Crippen molar-refractivity contribution in [1.82, 2.24) is 4.90 Å². The summed E-state index contributed by atoms with van der Waals surface area (Å²) in [5.74, 6) is -0.113. The van der Waals surface area contributed by atoms with Crippen LogP contribution in [0.1, 0.15) is 11.1 Å². The normalized spacial score (nSPS) is 10.1. The van der Waals surface area contributed by atoms with E-state index in [1.54, 1.807) is 7.05 Å². The largest absolute Gasteiger partial charge is 0.395 e. The number of likely N-dealkylation sites (N-methyl/N-ethyl adjacent to an activating group) is 1. The smallest absolute Gasteiger partial charge is 0.244 e. The van der Waals surface area contributed by atoms with Crippen molar-refractivity contribution in [2.75, 3.05) is 26.7 Å². The minimum Gasteiger partial charge on any atom is -0.395 e. The third-order valence-electron chi connectivity index (χ3n) is 3.33. The zero-order valence-corrected chi connectivity index (χ0v) is 12.6. The Balaban J connectivity index is 2.26. The molecule has 0 bridgehead atoms. The minimum atomic E-state index is -0.113. The lowest BCUT2D eigenvalue weighted by Gasteiger charge is -2.15. The van der Waals surface area contributed by atoms with Crippen LogP contribution in [0.5, 0.6) is 0 Å². The molecule has 2 rings (SSSR count). The Morgan fingerprint density at radius 3 is 1.95 bits per heavy atom. The van der Waals surface area contributed by atoms with Gasteiger partial charge in [0.05, 0.1) is 12.3 Å². The number of nitrogens with zero attached hydrogens (tertiary/aromatic N) is 2. The van der Waals surface area contributed by atoms with E-state index in [1.165, 1.54) is 4.90 Å². The topological polar surface area (TPSA) is 52.9 Å². The molecule has 2 aromatic carbocycles. The second kappa shape index (κ2) is 8.10. The van der Waals surface area contributed by atoms with E-state index in [0.717, 1.165) is 16.8 Å². The fourth-order valence-corrected chi connectivity index (χ4v) is 2.08. The van der Waals surface area contributed by atoms with Crippen molar-refractivity contribution in [3.63, 3.8) is 0 Å². The summed E-state index contributed by atoms with van der Waals surface area (Å²) in [7, 11) is 1.67. The molecule has 0 aliphatic heterocycles. The van der Waals surface area contributed by atoms with Gasteiger partial charge in [-0.1, -0.05) is 60.7 Å². The molecular formula is C18H20N2O2. The lowest BCUT2D eigenvalue weighted by molar-refractivity contribution is -0.128. The quantitative estimate of drug-likeness (QED) is 0.829. The Labute approximate surface area is 130 Å². The number of carbonyl (C=O) groups excluding carboxylic acids is 1. The molecule has 0 unspecified atom stereocenters. The summed E-state index contributed by atoms with van der Waals surface area (Å²) in [5, 5.41) is 8.89. The Kier molecular flexibility index (Phi) is 5.86. The van der Waals surface area contributed by atoms with Crippen LogP contribution < -0.4 is 0 Å². The number of carbonyl (C=O) groups is 1. The van der Waals surface area contributed by atoms with Gasteiger partial charge in [0.2, 0.25) is 5.91 Å². The number of aliphatic hydroxyl groups is 1. The summed E-state index contributed by atoms with van der Waals surface area (Å²) in [5.41, 5.74) is 2.75. The van der Waals surface area contributed by atoms with Crippen molar-refractivity contribution in [3.05, 3.63) is 71.8 Å². The van der Waals surface area contributed by atoms with Crippen LogP contribution in [0.25, 0.3) is 0 Å². The van der Waals surface area contributed by atoms with Crippen LogP contribution in [-0.4, -0.2) is 48.4 Å². The average molecular weight is 296 g/mol. The van der Waals surface area contributed by atoms with Gasteiger partial charge in [-0.25, -0.2) is 0 Å². The van der Waals surface area contributed by atoms with E-state index >= 15 is 0 Å². The van der Waals surface area contributed by atoms with E-state index < -0.39 is 0 Å². The van der Waals surface area contributed by atoms with Crippen molar-refractivity contribution in [2.24, 2.45) is 4.99 Å². The highest BCUT2D eigenvalue weighted by Crippen LogP contribution is 2.11. The maximum atomic E-state index is 12.0. The van der Waals surface area contributed by atoms with Gasteiger partial charge in [-0.05, 0) is 0 Å². The predicted molar refractivity (Wildman–Crippen MR) is 88.1 cm³/mol. The standard InChI is InChI=1S/C18H20N2O2/c1-20(12-13-21)17(22)14-19-18(15-8-4-2-5-9-15)16-10-6-3-7-11-16/h2-11,21H,12-14H2,1H3. The van der Waals surface area contributed by atoms with Crippen molar-refractivity contribution < 1.29 is 9.90 Å². The number of rotatable bonds is 6. The zero-order chi connectivity index (χ0) is 15.8. The molecule has 0 fully saturated rings. The second-order valence-electron chi connectivity index (χ2n) is 4.94. The number of aliphatic hydroxyl groups excluding tert-OH is 1. The highest BCUT2D eigenvalue weighted by molar-refractivity contribution is 6.13. The van der Waals surface area contributed by atoms with Crippen molar-refractivity contribution in [1.29, 1.82) is 0 Å². The highest BCUT2D eigenvalue weighted by atomic mass is 16.3. The number of benzene rings is 2. The fraction of sp³-hybridized carbons (Fsp3) is 0.222. The van der Waals surface area contributed by atoms with Crippen LogP contribution in [0.3, 0.4) is 0 Å². The van der Waals surface area contributed by atoms with Gasteiger partial charge >= 0.3 is 0 Å². The predicted octanol–water partition coefficient (Wildman–Crippen LogP) is 1.97. The Morgan fingerprint density at radius 1 is 1.00 bits per heavy atom. The molecule has 0 aliphatic rings. The van der Waals surface area contributed by atoms with E-state index in [-0.39, 0.29) is 19.1 Å². The second-order valence-corrected chi connectivity index (χ2v) is 4.94. The summed E-state index contributed by atoms with van der Waals surface area (Å²) in [6.45, 7) is 0.339. The van der Waals surface area contributed by atoms with Gasteiger partial charge in [0, 0.05) is 24.7 Å². The maximum Gasteiger partial charge on any atom is 0.244 e. The van der Waals surface area contributed by atoms with E-state index in [0.29, 0.717) is 6.54 Å². The van der Waals surface area contributed by atoms with Gasteiger partial charge in [-0.3, -0.25) is 9.79 Å². The number of amides is 1. The van der Waals surface area contributed by atoms with Gasteiger partial charge in [-0.15, -0.1) is 0 Å². The molecule has 4 nitrogen and oxygen atoms in total.